The van der Waals surface area contributed by atoms with E-state index < -0.39 is 5.95 Å². The van der Waals surface area contributed by atoms with Crippen molar-refractivity contribution in [1.29, 1.82) is 0 Å². The first kappa shape index (κ1) is 17.1. The van der Waals surface area contributed by atoms with Crippen LogP contribution < -0.4 is 10.2 Å². The minimum Gasteiger partial charge on any atom is -0.321 e. The van der Waals surface area contributed by atoms with Gasteiger partial charge < -0.3 is 10.2 Å². The molecule has 1 aliphatic heterocycles. The average molecular weight is 368 g/mol. The predicted octanol–water partition coefficient (Wildman–Crippen LogP) is 4.48. The Morgan fingerprint density at radius 2 is 1.92 bits per heavy atom. The number of hydrogen-bond donors (Lipinski definition) is 1. The number of benzene rings is 1. The molecule has 6 heteroatoms. The van der Waals surface area contributed by atoms with E-state index in [0.29, 0.717) is 18.3 Å². The summed E-state index contributed by atoms with van der Waals surface area (Å²) >= 11 is 1.46. The predicted molar refractivity (Wildman–Crippen MR) is 103 cm³/mol. The molecule has 3 heterocycles. The van der Waals surface area contributed by atoms with Crippen LogP contribution >= 0.6 is 11.5 Å². The fraction of sp³-hybridized carbons (Fsp3) is 0.300. The van der Waals surface area contributed by atoms with E-state index in [2.05, 4.69) is 19.6 Å². The molecule has 1 aromatic carbocycles. The highest BCUT2D eigenvalue weighted by atomic mass is 32.1. The van der Waals surface area contributed by atoms with Crippen molar-refractivity contribution in [2.45, 2.75) is 25.3 Å². The molecule has 2 aromatic heterocycles. The summed E-state index contributed by atoms with van der Waals surface area (Å²) in [5, 5.41) is 3.37. The zero-order valence-electron chi connectivity index (χ0n) is 14.4. The summed E-state index contributed by atoms with van der Waals surface area (Å²) in [7, 11) is 0. The molecule has 0 unspecified atom stereocenters. The summed E-state index contributed by atoms with van der Waals surface area (Å²) in [5.74, 6) is 0.618. The van der Waals surface area contributed by atoms with Gasteiger partial charge in [0.1, 0.15) is 5.82 Å². The van der Waals surface area contributed by atoms with E-state index in [9.17, 15) is 4.39 Å². The Morgan fingerprint density at radius 1 is 1.12 bits per heavy atom. The lowest BCUT2D eigenvalue weighted by Gasteiger charge is -2.27. The van der Waals surface area contributed by atoms with Gasteiger partial charge in [-0.3, -0.25) is 0 Å². The third-order valence-electron chi connectivity index (χ3n) is 4.76. The Hall–Kier alpha value is -2.31. The van der Waals surface area contributed by atoms with Crippen LogP contribution in [0.4, 0.5) is 15.9 Å². The van der Waals surface area contributed by atoms with Crippen LogP contribution in [-0.4, -0.2) is 22.4 Å². The monoisotopic (exact) mass is 368 g/mol. The molecule has 4 nitrogen and oxygen atoms in total. The topological polar surface area (TPSA) is 41.0 Å². The highest BCUT2D eigenvalue weighted by molar-refractivity contribution is 7.05. The van der Waals surface area contributed by atoms with Crippen molar-refractivity contribution in [1.82, 2.24) is 14.7 Å². The lowest BCUT2D eigenvalue weighted by atomic mass is 9.91. The molecule has 0 radical (unpaired) electrons. The molecule has 0 atom stereocenters. The van der Waals surface area contributed by atoms with E-state index >= 15 is 0 Å². The number of nitrogens with one attached hydrogen (secondary N) is 1. The maximum absolute atomic E-state index is 14.4. The number of anilines is 2. The van der Waals surface area contributed by atoms with Crippen LogP contribution in [0.5, 0.6) is 0 Å². The molecule has 0 spiro atoms. The summed E-state index contributed by atoms with van der Waals surface area (Å²) in [6.45, 7) is 2.58. The van der Waals surface area contributed by atoms with Crippen molar-refractivity contribution in [3.8, 4) is 0 Å². The Morgan fingerprint density at radius 3 is 2.65 bits per heavy atom. The molecule has 134 valence electrons. The van der Waals surface area contributed by atoms with Gasteiger partial charge in [0, 0.05) is 16.8 Å². The second kappa shape index (κ2) is 7.93. The van der Waals surface area contributed by atoms with Gasteiger partial charge in [0.25, 0.3) is 0 Å². The van der Waals surface area contributed by atoms with Crippen molar-refractivity contribution in [3.63, 3.8) is 0 Å². The zero-order chi connectivity index (χ0) is 17.8. The van der Waals surface area contributed by atoms with Gasteiger partial charge in [0.2, 0.25) is 5.95 Å². The molecule has 1 saturated heterocycles. The van der Waals surface area contributed by atoms with Crippen LogP contribution in [0.25, 0.3) is 0 Å². The smallest absolute Gasteiger partial charge is 0.215 e. The number of halogens is 1. The maximum atomic E-state index is 14.4. The van der Waals surface area contributed by atoms with Crippen molar-refractivity contribution in [2.75, 3.05) is 18.0 Å². The fourth-order valence-corrected chi connectivity index (χ4v) is 3.99. The largest absolute Gasteiger partial charge is 0.321 e. The molecule has 3 aromatic rings. The van der Waals surface area contributed by atoms with Gasteiger partial charge in [-0.25, -0.2) is 9.36 Å². The molecule has 0 saturated carbocycles. The van der Waals surface area contributed by atoms with Crippen molar-refractivity contribution in [3.05, 3.63) is 71.1 Å². The summed E-state index contributed by atoms with van der Waals surface area (Å²) < 4.78 is 18.6. The van der Waals surface area contributed by atoms with Crippen LogP contribution in [0.15, 0.2) is 54.7 Å². The number of nitrogens with zero attached hydrogens (tertiary/aromatic N) is 3. The number of para-hydroxylation sites is 1. The van der Waals surface area contributed by atoms with Crippen LogP contribution in [-0.2, 0) is 6.54 Å². The van der Waals surface area contributed by atoms with Gasteiger partial charge in [-0.05, 0) is 79.3 Å². The van der Waals surface area contributed by atoms with E-state index in [1.54, 1.807) is 12.3 Å². The zero-order valence-corrected chi connectivity index (χ0v) is 15.3. The van der Waals surface area contributed by atoms with E-state index in [4.69, 9.17) is 0 Å². The Labute approximate surface area is 156 Å². The van der Waals surface area contributed by atoms with Crippen molar-refractivity contribution in [2.24, 2.45) is 0 Å². The SMILES string of the molecule is Fc1cc(C2CCNCC2)cc(N(Cc2ccns2)c2ccccc2)n1. The number of rotatable bonds is 5. The lowest BCUT2D eigenvalue weighted by Crippen LogP contribution is -2.27. The third kappa shape index (κ3) is 3.92. The van der Waals surface area contributed by atoms with E-state index in [-0.39, 0.29) is 0 Å². The number of pyridine rings is 1. The third-order valence-corrected chi connectivity index (χ3v) is 5.49. The van der Waals surface area contributed by atoms with Gasteiger partial charge in [-0.15, -0.1) is 0 Å². The molecule has 4 rings (SSSR count). The average Bonchev–Trinajstić information content (AvgIpc) is 3.20. The van der Waals surface area contributed by atoms with Crippen LogP contribution in [0.1, 0.15) is 29.2 Å². The van der Waals surface area contributed by atoms with Gasteiger partial charge >= 0.3 is 0 Å². The number of aromatic nitrogens is 2. The van der Waals surface area contributed by atoms with Gasteiger partial charge in [-0.2, -0.15) is 4.39 Å². The Bertz CT molecular complexity index is 832. The molecular weight excluding hydrogens is 347 g/mol. The Kier molecular flexibility index (Phi) is 5.22. The van der Waals surface area contributed by atoms with Crippen LogP contribution in [0, 0.1) is 5.95 Å². The van der Waals surface area contributed by atoms with Crippen molar-refractivity contribution < 1.29 is 4.39 Å². The fourth-order valence-electron chi connectivity index (χ4n) is 3.42. The highest BCUT2D eigenvalue weighted by Crippen LogP contribution is 2.32. The minimum absolute atomic E-state index is 0.383. The number of hydrogen-bond acceptors (Lipinski definition) is 5. The maximum Gasteiger partial charge on any atom is 0.215 e. The summed E-state index contributed by atoms with van der Waals surface area (Å²) in [6.07, 6.45) is 3.86. The van der Waals surface area contributed by atoms with E-state index in [1.165, 1.54) is 11.5 Å². The second-order valence-corrected chi connectivity index (χ2v) is 7.42. The molecule has 0 aliphatic carbocycles. The first-order chi connectivity index (χ1) is 12.8. The first-order valence-electron chi connectivity index (χ1n) is 8.90. The summed E-state index contributed by atoms with van der Waals surface area (Å²) in [5.41, 5.74) is 2.04. The molecule has 1 aliphatic rings. The minimum atomic E-state index is -0.415. The van der Waals surface area contributed by atoms with Gasteiger partial charge in [0.05, 0.1) is 6.54 Å². The van der Waals surface area contributed by atoms with Gasteiger partial charge in [0.15, 0.2) is 0 Å². The van der Waals surface area contributed by atoms with Crippen LogP contribution in [0.2, 0.25) is 0 Å². The van der Waals surface area contributed by atoms with Crippen molar-refractivity contribution >= 4 is 23.0 Å². The molecular formula is C20H21FN4S. The molecule has 1 N–H and O–H groups in total. The molecule has 0 amide bonds. The highest BCUT2D eigenvalue weighted by Gasteiger charge is 2.20. The van der Waals surface area contributed by atoms with Gasteiger partial charge in [-0.1, -0.05) is 18.2 Å². The molecule has 1 fully saturated rings. The van der Waals surface area contributed by atoms with E-state index in [1.807, 2.05) is 42.5 Å². The molecule has 26 heavy (non-hydrogen) atoms. The molecule has 0 bridgehead atoms. The summed E-state index contributed by atoms with van der Waals surface area (Å²) in [4.78, 5) is 7.38. The van der Waals surface area contributed by atoms with E-state index in [0.717, 1.165) is 42.1 Å². The second-order valence-electron chi connectivity index (χ2n) is 6.51. The quantitative estimate of drug-likeness (QED) is 0.674. The lowest BCUT2D eigenvalue weighted by molar-refractivity contribution is 0.457. The Balaban J connectivity index is 1.71. The first-order valence-corrected chi connectivity index (χ1v) is 9.67. The summed E-state index contributed by atoms with van der Waals surface area (Å²) in [6, 6.07) is 15.6. The number of piperidine rings is 1. The van der Waals surface area contributed by atoms with Crippen LogP contribution in [0.3, 0.4) is 0 Å². The standard InChI is InChI=1S/C20H21FN4S/c21-19-12-16(15-6-9-22-10-7-15)13-20(24-19)25(14-18-8-11-23-26-18)17-4-2-1-3-5-17/h1-5,8,11-13,15,22H,6-7,9-10,14H2. The normalized spacial score (nSPS) is 15.1.